The molecular weight excluding hydrogens is 234 g/mol. The minimum absolute atomic E-state index is 0.755. The minimum Gasteiger partial charge on any atom is -0.317 e. The molecule has 3 unspecified atom stereocenters. The molecule has 0 spiro atoms. The summed E-state index contributed by atoms with van der Waals surface area (Å²) in [6.07, 6.45) is 6.90. The number of hydrogen-bond donors (Lipinski definition) is 1. The molecule has 3 atom stereocenters. The van der Waals surface area contributed by atoms with Crippen LogP contribution >= 0.6 is 0 Å². The first kappa shape index (κ1) is 15.3. The fraction of sp³-hybridized carbons (Fsp3) is 1.00. The van der Waals surface area contributed by atoms with Crippen molar-refractivity contribution in [3.63, 3.8) is 0 Å². The van der Waals surface area contributed by atoms with Crippen LogP contribution in [0, 0.1) is 5.92 Å². The lowest BCUT2D eigenvalue weighted by molar-refractivity contribution is 0.0480. The summed E-state index contributed by atoms with van der Waals surface area (Å²) in [4.78, 5) is 5.27. The van der Waals surface area contributed by atoms with Crippen LogP contribution in [0.15, 0.2) is 0 Å². The van der Waals surface area contributed by atoms with Gasteiger partial charge in [-0.05, 0) is 59.2 Å². The van der Waals surface area contributed by atoms with Gasteiger partial charge in [-0.1, -0.05) is 13.8 Å². The van der Waals surface area contributed by atoms with Gasteiger partial charge in [0.25, 0.3) is 0 Å². The molecule has 0 saturated carbocycles. The quantitative estimate of drug-likeness (QED) is 0.796. The van der Waals surface area contributed by atoms with Crippen molar-refractivity contribution in [1.29, 1.82) is 0 Å². The molecule has 2 rings (SSSR count). The van der Waals surface area contributed by atoms with Gasteiger partial charge in [-0.15, -0.1) is 0 Å². The Bertz CT molecular complexity index is 253. The Morgan fingerprint density at radius 1 is 1.16 bits per heavy atom. The summed E-state index contributed by atoms with van der Waals surface area (Å²) in [5.74, 6) is 0.798. The highest BCUT2D eigenvalue weighted by molar-refractivity contribution is 5.00. The van der Waals surface area contributed by atoms with Crippen molar-refractivity contribution in [1.82, 2.24) is 15.1 Å². The van der Waals surface area contributed by atoms with E-state index in [1.165, 1.54) is 38.6 Å². The molecular formula is C16H33N3. The maximum atomic E-state index is 3.51. The van der Waals surface area contributed by atoms with Crippen molar-refractivity contribution in [3.05, 3.63) is 0 Å². The highest BCUT2D eigenvalue weighted by atomic mass is 15.3. The Labute approximate surface area is 119 Å². The number of hydrogen-bond acceptors (Lipinski definition) is 3. The molecule has 2 aliphatic rings. The molecule has 0 aromatic rings. The van der Waals surface area contributed by atoms with E-state index in [4.69, 9.17) is 0 Å². The molecule has 0 radical (unpaired) electrons. The summed E-state index contributed by atoms with van der Waals surface area (Å²) in [5.41, 5.74) is 0. The van der Waals surface area contributed by atoms with Crippen LogP contribution in [0.4, 0.5) is 0 Å². The second-order valence-corrected chi connectivity index (χ2v) is 7.33. The number of rotatable bonds is 6. The zero-order valence-electron chi connectivity index (χ0n) is 13.5. The molecule has 0 aliphatic carbocycles. The normalized spacial score (nSPS) is 33.3. The van der Waals surface area contributed by atoms with Gasteiger partial charge in [0.05, 0.1) is 0 Å². The monoisotopic (exact) mass is 267 g/mol. The first-order valence-corrected chi connectivity index (χ1v) is 8.10. The standard InChI is InChI=1S/C16H33N3/c1-12(2)8-16(11-18(4)5)19-14-6-7-15(19)10-13(9-14)17-3/h12-17H,6-11H2,1-5H3. The average molecular weight is 267 g/mol. The van der Waals surface area contributed by atoms with Gasteiger partial charge in [0.15, 0.2) is 0 Å². The SMILES string of the molecule is CNC1CC2CCC(C1)N2C(CC(C)C)CN(C)C. The van der Waals surface area contributed by atoms with E-state index in [0.717, 1.165) is 30.1 Å². The number of piperidine rings is 1. The van der Waals surface area contributed by atoms with Gasteiger partial charge >= 0.3 is 0 Å². The Hall–Kier alpha value is -0.120. The lowest BCUT2D eigenvalue weighted by atomic mass is 9.92. The van der Waals surface area contributed by atoms with E-state index in [9.17, 15) is 0 Å². The van der Waals surface area contributed by atoms with E-state index >= 15 is 0 Å². The van der Waals surface area contributed by atoms with E-state index in [1.807, 2.05) is 0 Å². The molecule has 2 heterocycles. The third-order valence-corrected chi connectivity index (χ3v) is 4.94. The van der Waals surface area contributed by atoms with Crippen LogP contribution in [-0.2, 0) is 0 Å². The van der Waals surface area contributed by atoms with Crippen molar-refractivity contribution < 1.29 is 0 Å². The second-order valence-electron chi connectivity index (χ2n) is 7.33. The van der Waals surface area contributed by atoms with Crippen LogP contribution in [0.5, 0.6) is 0 Å². The van der Waals surface area contributed by atoms with Gasteiger partial charge in [-0.25, -0.2) is 0 Å². The van der Waals surface area contributed by atoms with Crippen LogP contribution in [0.3, 0.4) is 0 Å². The van der Waals surface area contributed by atoms with E-state index < -0.39 is 0 Å². The van der Waals surface area contributed by atoms with Crippen LogP contribution in [0.25, 0.3) is 0 Å². The third kappa shape index (κ3) is 3.71. The molecule has 2 saturated heterocycles. The van der Waals surface area contributed by atoms with Crippen LogP contribution in [0.2, 0.25) is 0 Å². The Morgan fingerprint density at radius 3 is 2.16 bits per heavy atom. The number of nitrogens with one attached hydrogen (secondary N) is 1. The molecule has 2 fully saturated rings. The third-order valence-electron chi connectivity index (χ3n) is 4.94. The zero-order valence-corrected chi connectivity index (χ0v) is 13.5. The highest BCUT2D eigenvalue weighted by Crippen LogP contribution is 2.38. The first-order chi connectivity index (χ1) is 9.01. The predicted octanol–water partition coefficient (Wildman–Crippen LogP) is 2.18. The van der Waals surface area contributed by atoms with Crippen molar-refractivity contribution in [2.75, 3.05) is 27.7 Å². The fourth-order valence-electron chi connectivity index (χ4n) is 4.30. The summed E-state index contributed by atoms with van der Waals surface area (Å²) in [6.45, 7) is 5.95. The van der Waals surface area contributed by atoms with Gasteiger partial charge in [0.2, 0.25) is 0 Å². The van der Waals surface area contributed by atoms with Gasteiger partial charge in [0.1, 0.15) is 0 Å². The molecule has 2 aliphatic heterocycles. The number of fused-ring (bicyclic) bond motifs is 2. The molecule has 112 valence electrons. The van der Waals surface area contributed by atoms with Crippen molar-refractivity contribution in [2.45, 2.75) is 70.1 Å². The summed E-state index contributed by atoms with van der Waals surface area (Å²) in [6, 6.07) is 3.18. The number of nitrogens with zero attached hydrogens (tertiary/aromatic N) is 2. The van der Waals surface area contributed by atoms with Gasteiger partial charge < -0.3 is 10.2 Å². The number of likely N-dealkylation sites (N-methyl/N-ethyl adjacent to an activating group) is 1. The van der Waals surface area contributed by atoms with Crippen LogP contribution in [-0.4, -0.2) is 61.7 Å². The molecule has 3 nitrogen and oxygen atoms in total. The average Bonchev–Trinajstić information content (AvgIpc) is 2.58. The molecule has 0 aromatic carbocycles. The largest absolute Gasteiger partial charge is 0.317 e. The molecule has 3 heteroatoms. The summed E-state index contributed by atoms with van der Waals surface area (Å²) < 4.78 is 0. The van der Waals surface area contributed by atoms with E-state index in [2.05, 4.69) is 50.1 Å². The minimum atomic E-state index is 0.755. The molecule has 19 heavy (non-hydrogen) atoms. The van der Waals surface area contributed by atoms with Gasteiger partial charge in [0, 0.05) is 30.7 Å². The summed E-state index contributed by atoms with van der Waals surface area (Å²) in [5, 5.41) is 3.51. The Balaban J connectivity index is 2.05. The van der Waals surface area contributed by atoms with Crippen molar-refractivity contribution in [3.8, 4) is 0 Å². The molecule has 0 amide bonds. The second kappa shape index (κ2) is 6.55. The zero-order chi connectivity index (χ0) is 14.0. The smallest absolute Gasteiger partial charge is 0.0231 e. The van der Waals surface area contributed by atoms with Crippen molar-refractivity contribution in [2.24, 2.45) is 5.92 Å². The Morgan fingerprint density at radius 2 is 1.74 bits per heavy atom. The van der Waals surface area contributed by atoms with E-state index in [-0.39, 0.29) is 0 Å². The lowest BCUT2D eigenvalue weighted by Crippen LogP contribution is -2.55. The molecule has 2 bridgehead atoms. The maximum absolute atomic E-state index is 3.51. The maximum Gasteiger partial charge on any atom is 0.0231 e. The predicted molar refractivity (Wildman–Crippen MR) is 82.5 cm³/mol. The fourth-order valence-corrected chi connectivity index (χ4v) is 4.30. The van der Waals surface area contributed by atoms with Crippen LogP contribution in [0.1, 0.15) is 46.0 Å². The van der Waals surface area contributed by atoms with Crippen molar-refractivity contribution >= 4 is 0 Å². The highest BCUT2D eigenvalue weighted by Gasteiger charge is 2.43. The molecule has 1 N–H and O–H groups in total. The van der Waals surface area contributed by atoms with E-state index in [0.29, 0.717) is 0 Å². The van der Waals surface area contributed by atoms with Crippen LogP contribution < -0.4 is 5.32 Å². The first-order valence-electron chi connectivity index (χ1n) is 8.10. The van der Waals surface area contributed by atoms with Gasteiger partial charge in [-0.3, -0.25) is 4.90 Å². The van der Waals surface area contributed by atoms with Gasteiger partial charge in [-0.2, -0.15) is 0 Å². The topological polar surface area (TPSA) is 18.5 Å². The Kier molecular flexibility index (Phi) is 5.27. The lowest BCUT2D eigenvalue weighted by Gasteiger charge is -2.45. The summed E-state index contributed by atoms with van der Waals surface area (Å²) in [7, 11) is 6.57. The summed E-state index contributed by atoms with van der Waals surface area (Å²) >= 11 is 0. The molecule has 0 aromatic heterocycles. The van der Waals surface area contributed by atoms with E-state index in [1.54, 1.807) is 0 Å².